The first-order chi connectivity index (χ1) is 9.81. The van der Waals surface area contributed by atoms with Crippen LogP contribution in [-0.4, -0.2) is 31.3 Å². The average molecular weight is 267 g/mol. The molecule has 102 valence electrons. The standard InChI is InChI=1S/C16H17N3O/c1-20-13-6-8-19(9-7-13)16-10-12(11-17)18-15-5-3-2-4-14(15)16/h2-5,10,13H,6-9H2,1H3. The third-order valence-corrected chi connectivity index (χ3v) is 3.92. The lowest BCUT2D eigenvalue weighted by Gasteiger charge is -2.33. The fraction of sp³-hybridized carbons (Fsp3) is 0.375. The van der Waals surface area contributed by atoms with Gasteiger partial charge in [-0.3, -0.25) is 0 Å². The summed E-state index contributed by atoms with van der Waals surface area (Å²) in [4.78, 5) is 6.70. The molecule has 0 unspecified atom stereocenters. The Labute approximate surface area is 118 Å². The molecule has 0 spiro atoms. The topological polar surface area (TPSA) is 49.1 Å². The fourth-order valence-corrected chi connectivity index (χ4v) is 2.81. The number of para-hydroxylation sites is 1. The van der Waals surface area contributed by atoms with Gasteiger partial charge >= 0.3 is 0 Å². The molecule has 20 heavy (non-hydrogen) atoms. The molecule has 1 aliphatic heterocycles. The quantitative estimate of drug-likeness (QED) is 0.839. The Kier molecular flexibility index (Phi) is 3.53. The number of nitrogens with zero attached hydrogens (tertiary/aromatic N) is 3. The van der Waals surface area contributed by atoms with Gasteiger partial charge in [0.2, 0.25) is 0 Å². The van der Waals surface area contributed by atoms with Crippen LogP contribution in [0.3, 0.4) is 0 Å². The van der Waals surface area contributed by atoms with E-state index in [4.69, 9.17) is 10.00 Å². The summed E-state index contributed by atoms with van der Waals surface area (Å²) in [7, 11) is 1.77. The number of nitriles is 1. The van der Waals surface area contributed by atoms with Crippen LogP contribution in [-0.2, 0) is 4.74 Å². The lowest BCUT2D eigenvalue weighted by atomic mass is 10.0. The molecule has 1 saturated heterocycles. The summed E-state index contributed by atoms with van der Waals surface area (Å²) in [5.74, 6) is 0. The highest BCUT2D eigenvalue weighted by atomic mass is 16.5. The Morgan fingerprint density at radius 2 is 2.05 bits per heavy atom. The Bertz CT molecular complexity index is 654. The number of fused-ring (bicyclic) bond motifs is 1. The zero-order chi connectivity index (χ0) is 13.9. The molecular formula is C16H17N3O. The molecule has 1 aromatic heterocycles. The van der Waals surface area contributed by atoms with Gasteiger partial charge in [0, 0.05) is 31.3 Å². The maximum Gasteiger partial charge on any atom is 0.143 e. The number of rotatable bonds is 2. The monoisotopic (exact) mass is 267 g/mol. The van der Waals surface area contributed by atoms with E-state index in [0.717, 1.165) is 42.5 Å². The first-order valence-corrected chi connectivity index (χ1v) is 6.89. The van der Waals surface area contributed by atoms with Crippen LogP contribution >= 0.6 is 0 Å². The number of aromatic nitrogens is 1. The molecule has 1 aliphatic rings. The molecule has 2 aromatic rings. The Morgan fingerprint density at radius 3 is 2.75 bits per heavy atom. The van der Waals surface area contributed by atoms with Crippen molar-refractivity contribution in [3.8, 4) is 6.07 Å². The van der Waals surface area contributed by atoms with Crippen molar-refractivity contribution in [2.24, 2.45) is 0 Å². The van der Waals surface area contributed by atoms with Crippen LogP contribution in [0.25, 0.3) is 10.9 Å². The highest BCUT2D eigenvalue weighted by Crippen LogP contribution is 2.29. The molecule has 0 aliphatic carbocycles. The van der Waals surface area contributed by atoms with Crippen LogP contribution in [0, 0.1) is 11.3 Å². The molecule has 1 fully saturated rings. The molecule has 0 atom stereocenters. The van der Waals surface area contributed by atoms with Crippen molar-refractivity contribution in [2.75, 3.05) is 25.1 Å². The van der Waals surface area contributed by atoms with Gasteiger partial charge in [0.15, 0.2) is 0 Å². The molecule has 0 bridgehead atoms. The number of methoxy groups -OCH3 is 1. The van der Waals surface area contributed by atoms with E-state index in [9.17, 15) is 0 Å². The fourth-order valence-electron chi connectivity index (χ4n) is 2.81. The second kappa shape index (κ2) is 5.48. The number of ether oxygens (including phenoxy) is 1. The molecule has 0 saturated carbocycles. The third-order valence-electron chi connectivity index (χ3n) is 3.92. The zero-order valence-electron chi connectivity index (χ0n) is 11.5. The van der Waals surface area contributed by atoms with Crippen LogP contribution in [0.4, 0.5) is 5.69 Å². The van der Waals surface area contributed by atoms with Crippen molar-refractivity contribution in [3.63, 3.8) is 0 Å². The summed E-state index contributed by atoms with van der Waals surface area (Å²) in [6.45, 7) is 1.91. The predicted octanol–water partition coefficient (Wildman–Crippen LogP) is 2.72. The second-order valence-corrected chi connectivity index (χ2v) is 5.08. The van der Waals surface area contributed by atoms with E-state index in [1.807, 2.05) is 24.3 Å². The number of hydrogen-bond donors (Lipinski definition) is 0. The summed E-state index contributed by atoms with van der Waals surface area (Å²) < 4.78 is 5.42. The van der Waals surface area contributed by atoms with E-state index in [1.165, 1.54) is 0 Å². The summed E-state index contributed by atoms with van der Waals surface area (Å²) in [5.41, 5.74) is 2.48. The maximum atomic E-state index is 9.15. The van der Waals surface area contributed by atoms with Crippen LogP contribution in [0.1, 0.15) is 18.5 Å². The van der Waals surface area contributed by atoms with Gasteiger partial charge in [-0.25, -0.2) is 4.98 Å². The molecule has 4 heteroatoms. The molecule has 2 heterocycles. The van der Waals surface area contributed by atoms with E-state index in [1.54, 1.807) is 7.11 Å². The van der Waals surface area contributed by atoms with Crippen molar-refractivity contribution < 1.29 is 4.74 Å². The molecule has 4 nitrogen and oxygen atoms in total. The van der Waals surface area contributed by atoms with Crippen molar-refractivity contribution in [3.05, 3.63) is 36.0 Å². The van der Waals surface area contributed by atoms with Gasteiger partial charge in [-0.1, -0.05) is 18.2 Å². The lowest BCUT2D eigenvalue weighted by Crippen LogP contribution is -2.36. The van der Waals surface area contributed by atoms with Gasteiger partial charge in [-0.05, 0) is 25.0 Å². The predicted molar refractivity (Wildman–Crippen MR) is 78.7 cm³/mol. The molecule has 0 N–H and O–H groups in total. The summed E-state index contributed by atoms with van der Waals surface area (Å²) in [5, 5.41) is 10.3. The molecule has 0 radical (unpaired) electrons. The highest BCUT2D eigenvalue weighted by molar-refractivity contribution is 5.92. The number of hydrogen-bond acceptors (Lipinski definition) is 4. The van der Waals surface area contributed by atoms with Gasteiger partial charge in [0.1, 0.15) is 11.8 Å². The van der Waals surface area contributed by atoms with E-state index >= 15 is 0 Å². The Balaban J connectivity index is 2.00. The largest absolute Gasteiger partial charge is 0.381 e. The summed E-state index contributed by atoms with van der Waals surface area (Å²) in [6.07, 6.45) is 2.40. The van der Waals surface area contributed by atoms with Gasteiger partial charge in [-0.2, -0.15) is 5.26 Å². The minimum absolute atomic E-state index is 0.356. The number of piperidine rings is 1. The second-order valence-electron chi connectivity index (χ2n) is 5.08. The van der Waals surface area contributed by atoms with Crippen molar-refractivity contribution >= 4 is 16.6 Å². The third kappa shape index (κ3) is 2.33. The van der Waals surface area contributed by atoms with Crippen LogP contribution in [0.2, 0.25) is 0 Å². The smallest absolute Gasteiger partial charge is 0.143 e. The van der Waals surface area contributed by atoms with Crippen molar-refractivity contribution in [1.82, 2.24) is 4.98 Å². The molecule has 0 amide bonds. The number of benzene rings is 1. The highest BCUT2D eigenvalue weighted by Gasteiger charge is 2.20. The average Bonchev–Trinajstić information content (AvgIpc) is 2.54. The lowest BCUT2D eigenvalue weighted by molar-refractivity contribution is 0.0819. The summed E-state index contributed by atoms with van der Waals surface area (Å²) >= 11 is 0. The minimum Gasteiger partial charge on any atom is -0.381 e. The SMILES string of the molecule is COC1CCN(c2cc(C#N)nc3ccccc23)CC1. The molecular weight excluding hydrogens is 250 g/mol. The van der Waals surface area contributed by atoms with E-state index in [-0.39, 0.29) is 0 Å². The van der Waals surface area contributed by atoms with Crippen molar-refractivity contribution in [1.29, 1.82) is 5.26 Å². The minimum atomic E-state index is 0.356. The molecule has 3 rings (SSSR count). The van der Waals surface area contributed by atoms with Gasteiger partial charge in [0.05, 0.1) is 11.6 Å². The number of anilines is 1. The zero-order valence-corrected chi connectivity index (χ0v) is 11.5. The maximum absolute atomic E-state index is 9.15. The van der Waals surface area contributed by atoms with Gasteiger partial charge in [-0.15, -0.1) is 0 Å². The van der Waals surface area contributed by atoms with E-state index in [2.05, 4.69) is 22.0 Å². The molecule has 1 aromatic carbocycles. The van der Waals surface area contributed by atoms with Crippen LogP contribution in [0.5, 0.6) is 0 Å². The van der Waals surface area contributed by atoms with Gasteiger partial charge in [0.25, 0.3) is 0 Å². The van der Waals surface area contributed by atoms with Crippen LogP contribution in [0.15, 0.2) is 30.3 Å². The first kappa shape index (κ1) is 12.9. The van der Waals surface area contributed by atoms with Crippen LogP contribution < -0.4 is 4.90 Å². The van der Waals surface area contributed by atoms with E-state index in [0.29, 0.717) is 11.8 Å². The Morgan fingerprint density at radius 1 is 1.30 bits per heavy atom. The van der Waals surface area contributed by atoms with Crippen molar-refractivity contribution in [2.45, 2.75) is 18.9 Å². The summed E-state index contributed by atoms with van der Waals surface area (Å²) in [6, 6.07) is 12.1. The van der Waals surface area contributed by atoms with E-state index < -0.39 is 0 Å². The normalized spacial score (nSPS) is 16.3. The first-order valence-electron chi connectivity index (χ1n) is 6.89. The van der Waals surface area contributed by atoms with Gasteiger partial charge < -0.3 is 9.64 Å². The number of pyridine rings is 1. The Hall–Kier alpha value is -2.12.